The molecule has 0 saturated carbocycles. The van der Waals surface area contributed by atoms with Crippen LogP contribution in [-0.2, 0) is 27.5 Å². The first kappa shape index (κ1) is 22.7. The van der Waals surface area contributed by atoms with E-state index in [0.717, 1.165) is 18.2 Å². The van der Waals surface area contributed by atoms with E-state index in [1.807, 2.05) is 18.6 Å². The predicted octanol–water partition coefficient (Wildman–Crippen LogP) is 3.09. The summed E-state index contributed by atoms with van der Waals surface area (Å²) in [6.45, 7) is 3.20. The molecule has 0 spiro atoms. The van der Waals surface area contributed by atoms with Crippen LogP contribution in [0.1, 0.15) is 25.0 Å². The van der Waals surface area contributed by atoms with Gasteiger partial charge in [-0.15, -0.1) is 0 Å². The second-order valence-corrected chi connectivity index (χ2v) is 8.17. The maximum absolute atomic E-state index is 12.8. The van der Waals surface area contributed by atoms with Gasteiger partial charge in [-0.25, -0.2) is 13.1 Å². The Morgan fingerprint density at radius 1 is 1.10 bits per heavy atom. The minimum absolute atomic E-state index is 0.0638. The molecule has 0 fully saturated rings. The number of halogens is 3. The lowest BCUT2D eigenvalue weighted by molar-refractivity contribution is -0.137. The zero-order chi connectivity index (χ0) is 21.7. The van der Waals surface area contributed by atoms with Crippen molar-refractivity contribution in [2.75, 3.05) is 6.54 Å². The first-order valence-corrected chi connectivity index (χ1v) is 10.2. The Morgan fingerprint density at radius 2 is 1.79 bits per heavy atom. The normalized spacial score (nSPS) is 12.1. The molecule has 1 amide bonds. The van der Waals surface area contributed by atoms with Crippen LogP contribution in [0.2, 0.25) is 0 Å². The highest BCUT2D eigenvalue weighted by atomic mass is 32.2. The summed E-state index contributed by atoms with van der Waals surface area (Å²) in [5.74, 6) is -0.0488. The van der Waals surface area contributed by atoms with Crippen LogP contribution < -0.4 is 14.8 Å². The summed E-state index contributed by atoms with van der Waals surface area (Å²) in [6, 6.07) is 10.3. The van der Waals surface area contributed by atoms with Crippen LogP contribution in [0.3, 0.4) is 0 Å². The Morgan fingerprint density at radius 3 is 2.45 bits per heavy atom. The Hall–Kier alpha value is -2.59. The van der Waals surface area contributed by atoms with Gasteiger partial charge in [-0.05, 0) is 38.1 Å². The molecule has 0 aliphatic rings. The first-order chi connectivity index (χ1) is 13.5. The van der Waals surface area contributed by atoms with E-state index >= 15 is 0 Å². The number of ether oxygens (including phenoxy) is 1. The Balaban J connectivity index is 1.97. The number of nitrogens with one attached hydrogen (secondary N) is 2. The Kier molecular flexibility index (Phi) is 7.26. The van der Waals surface area contributed by atoms with Crippen molar-refractivity contribution in [3.8, 4) is 5.75 Å². The van der Waals surface area contributed by atoms with E-state index in [-0.39, 0.29) is 12.6 Å². The fourth-order valence-electron chi connectivity index (χ4n) is 2.36. The number of carbonyl (C=O) groups is 1. The minimum atomic E-state index is -4.67. The van der Waals surface area contributed by atoms with Crippen LogP contribution in [0.5, 0.6) is 5.75 Å². The third-order valence-electron chi connectivity index (χ3n) is 3.71. The van der Waals surface area contributed by atoms with Crippen LogP contribution in [0.15, 0.2) is 53.4 Å². The molecular weight excluding hydrogens is 409 g/mol. The number of benzene rings is 2. The molecule has 0 radical (unpaired) electrons. The lowest BCUT2D eigenvalue weighted by Gasteiger charge is -2.15. The van der Waals surface area contributed by atoms with Crippen LogP contribution in [0.25, 0.3) is 0 Å². The van der Waals surface area contributed by atoms with Gasteiger partial charge in [-0.2, -0.15) is 13.2 Å². The lowest BCUT2D eigenvalue weighted by Crippen LogP contribution is -2.36. The molecule has 29 heavy (non-hydrogen) atoms. The molecule has 2 aromatic carbocycles. The highest BCUT2D eigenvalue weighted by molar-refractivity contribution is 7.89. The number of rotatable bonds is 8. The van der Waals surface area contributed by atoms with Gasteiger partial charge in [-0.1, -0.05) is 24.3 Å². The largest absolute Gasteiger partial charge is 0.491 e. The molecule has 2 aromatic rings. The molecule has 0 atom stereocenters. The van der Waals surface area contributed by atoms with E-state index < -0.39 is 39.1 Å². The van der Waals surface area contributed by atoms with Crippen molar-refractivity contribution in [1.82, 2.24) is 10.0 Å². The van der Waals surface area contributed by atoms with E-state index in [2.05, 4.69) is 5.32 Å². The first-order valence-electron chi connectivity index (χ1n) is 8.67. The van der Waals surface area contributed by atoms with Crippen molar-refractivity contribution < 1.29 is 31.1 Å². The molecule has 2 rings (SSSR count). The molecule has 0 bridgehead atoms. The van der Waals surface area contributed by atoms with E-state index in [1.54, 1.807) is 24.3 Å². The number of carbonyl (C=O) groups excluding carboxylic acids is 1. The molecular formula is C19H21F3N2O4S. The van der Waals surface area contributed by atoms with Crippen molar-refractivity contribution in [2.24, 2.45) is 0 Å². The maximum Gasteiger partial charge on any atom is 0.416 e. The third kappa shape index (κ3) is 6.75. The molecule has 0 aliphatic heterocycles. The maximum atomic E-state index is 12.8. The average molecular weight is 430 g/mol. The topological polar surface area (TPSA) is 84.5 Å². The molecule has 0 saturated heterocycles. The summed E-state index contributed by atoms with van der Waals surface area (Å²) in [5, 5.41) is 2.55. The van der Waals surface area contributed by atoms with Gasteiger partial charge in [0, 0.05) is 12.1 Å². The molecule has 158 valence electrons. The molecule has 6 nitrogen and oxygen atoms in total. The Bertz CT molecular complexity index is 960. The highest BCUT2D eigenvalue weighted by Crippen LogP contribution is 2.30. The zero-order valence-corrected chi connectivity index (χ0v) is 16.6. The summed E-state index contributed by atoms with van der Waals surface area (Å²) in [7, 11) is -4.28. The number of sulfonamides is 1. The van der Waals surface area contributed by atoms with Crippen LogP contribution >= 0.6 is 0 Å². The summed E-state index contributed by atoms with van der Waals surface area (Å²) < 4.78 is 70.3. The number of hydrogen-bond acceptors (Lipinski definition) is 4. The SMILES string of the molecule is CC(C)Oc1ccccc1CNC(=O)CNS(=O)(=O)c1cccc(C(F)(F)F)c1. The highest BCUT2D eigenvalue weighted by Gasteiger charge is 2.31. The summed E-state index contributed by atoms with van der Waals surface area (Å²) >= 11 is 0. The molecule has 2 N–H and O–H groups in total. The van der Waals surface area contributed by atoms with E-state index in [9.17, 15) is 26.4 Å². The number of alkyl halides is 3. The minimum Gasteiger partial charge on any atom is -0.491 e. The number of para-hydroxylation sites is 1. The average Bonchev–Trinajstić information content (AvgIpc) is 2.65. The second kappa shape index (κ2) is 9.27. The number of hydrogen-bond donors (Lipinski definition) is 2. The molecule has 0 unspecified atom stereocenters. The van der Waals surface area contributed by atoms with Crippen molar-refractivity contribution >= 4 is 15.9 Å². The molecule has 0 aliphatic carbocycles. The van der Waals surface area contributed by atoms with E-state index in [1.165, 1.54) is 0 Å². The van der Waals surface area contributed by atoms with Gasteiger partial charge < -0.3 is 10.1 Å². The molecule has 10 heteroatoms. The van der Waals surface area contributed by atoms with Gasteiger partial charge in [0.15, 0.2) is 0 Å². The third-order valence-corrected chi connectivity index (χ3v) is 5.10. The Labute approximate surface area is 167 Å². The van der Waals surface area contributed by atoms with Crippen molar-refractivity contribution in [3.63, 3.8) is 0 Å². The lowest BCUT2D eigenvalue weighted by atomic mass is 10.2. The summed E-state index contributed by atoms with van der Waals surface area (Å²) in [5.41, 5.74) is -0.387. The van der Waals surface area contributed by atoms with Gasteiger partial charge in [-0.3, -0.25) is 4.79 Å². The number of amides is 1. The van der Waals surface area contributed by atoms with Crippen LogP contribution in [0.4, 0.5) is 13.2 Å². The van der Waals surface area contributed by atoms with E-state index in [0.29, 0.717) is 17.4 Å². The monoisotopic (exact) mass is 430 g/mol. The van der Waals surface area contributed by atoms with Gasteiger partial charge in [0.2, 0.25) is 15.9 Å². The fourth-order valence-corrected chi connectivity index (χ4v) is 3.39. The van der Waals surface area contributed by atoms with Crippen LogP contribution in [-0.4, -0.2) is 27.0 Å². The van der Waals surface area contributed by atoms with Gasteiger partial charge in [0.25, 0.3) is 0 Å². The second-order valence-electron chi connectivity index (χ2n) is 6.40. The fraction of sp³-hybridized carbons (Fsp3) is 0.316. The zero-order valence-electron chi connectivity index (χ0n) is 15.8. The van der Waals surface area contributed by atoms with Crippen molar-refractivity contribution in [1.29, 1.82) is 0 Å². The summed E-state index contributed by atoms with van der Waals surface area (Å²) in [6.07, 6.45) is -4.74. The van der Waals surface area contributed by atoms with Gasteiger partial charge >= 0.3 is 6.18 Å². The van der Waals surface area contributed by atoms with Gasteiger partial charge in [0.05, 0.1) is 23.1 Å². The van der Waals surface area contributed by atoms with Crippen LogP contribution in [0, 0.1) is 0 Å². The van der Waals surface area contributed by atoms with Crippen molar-refractivity contribution in [2.45, 2.75) is 37.6 Å². The predicted molar refractivity (Wildman–Crippen MR) is 101 cm³/mol. The standard InChI is InChI=1S/C19H21F3N2O4S/c1-13(2)28-17-9-4-3-6-14(17)11-23-18(25)12-24-29(26,27)16-8-5-7-15(10-16)19(20,21)22/h3-10,13,24H,11-12H2,1-2H3,(H,23,25). The van der Waals surface area contributed by atoms with Crippen molar-refractivity contribution in [3.05, 3.63) is 59.7 Å². The smallest absolute Gasteiger partial charge is 0.416 e. The molecule has 0 aromatic heterocycles. The van der Waals surface area contributed by atoms with E-state index in [4.69, 9.17) is 4.74 Å². The summed E-state index contributed by atoms with van der Waals surface area (Å²) in [4.78, 5) is 11.4. The molecule has 0 heterocycles. The quantitative estimate of drug-likeness (QED) is 0.674. The van der Waals surface area contributed by atoms with Gasteiger partial charge in [0.1, 0.15) is 5.75 Å².